The molecule has 38 heavy (non-hydrogen) atoms. The summed E-state index contributed by atoms with van der Waals surface area (Å²) in [7, 11) is 1.48. The Morgan fingerprint density at radius 3 is 2.71 bits per heavy atom. The fourth-order valence-corrected chi connectivity index (χ4v) is 5.59. The molecule has 10 nitrogen and oxygen atoms in total. The molecular weight excluding hydrogens is 607 g/mol. The monoisotopic (exact) mass is 646 g/mol. The van der Waals surface area contributed by atoms with E-state index in [0.29, 0.717) is 45.8 Å². The van der Waals surface area contributed by atoms with Gasteiger partial charge in [0.05, 0.1) is 36.0 Å². The third-order valence-corrected chi connectivity index (χ3v) is 7.63. The van der Waals surface area contributed by atoms with Crippen LogP contribution in [0.25, 0.3) is 0 Å². The van der Waals surface area contributed by atoms with E-state index in [9.17, 15) is 24.9 Å². The lowest BCUT2D eigenvalue weighted by Crippen LogP contribution is -2.56. The Morgan fingerprint density at radius 1 is 1.29 bits per heavy atom. The maximum absolute atomic E-state index is 13.4. The lowest BCUT2D eigenvalue weighted by atomic mass is 9.87. The number of nitrogens with one attached hydrogen (secondary N) is 1. The molecule has 1 heterocycles. The summed E-state index contributed by atoms with van der Waals surface area (Å²) < 4.78 is 18.2. The summed E-state index contributed by atoms with van der Waals surface area (Å²) in [4.78, 5) is 28.0. The van der Waals surface area contributed by atoms with Gasteiger partial charge in [0.2, 0.25) is 11.8 Å². The van der Waals surface area contributed by atoms with E-state index < -0.39 is 18.2 Å². The van der Waals surface area contributed by atoms with Crippen LogP contribution >= 0.6 is 22.6 Å². The first kappa shape index (κ1) is 30.6. The predicted octanol–water partition coefficient (Wildman–Crippen LogP) is 1.91. The van der Waals surface area contributed by atoms with Crippen molar-refractivity contribution in [3.63, 3.8) is 0 Å². The first-order valence-electron chi connectivity index (χ1n) is 13.2. The Hall–Kier alpha value is -1.93. The number of unbranched alkanes of at least 4 members (excludes halogenated alkanes) is 1. The molecule has 2 amide bonds. The van der Waals surface area contributed by atoms with E-state index in [1.807, 2.05) is 6.92 Å². The molecule has 212 valence electrons. The number of aliphatic hydroxyl groups is 3. The highest BCUT2D eigenvalue weighted by atomic mass is 127. The lowest BCUT2D eigenvalue weighted by Gasteiger charge is -2.41. The highest BCUT2D eigenvalue weighted by molar-refractivity contribution is 14.1. The van der Waals surface area contributed by atoms with Crippen molar-refractivity contribution < 1.29 is 39.1 Å². The van der Waals surface area contributed by atoms with Gasteiger partial charge in [-0.2, -0.15) is 0 Å². The Labute approximate surface area is 237 Å². The smallest absolute Gasteiger partial charge is 0.247 e. The summed E-state index contributed by atoms with van der Waals surface area (Å²) in [6.07, 6.45) is 3.14. The van der Waals surface area contributed by atoms with Crippen molar-refractivity contribution in [3.8, 4) is 11.5 Å². The van der Waals surface area contributed by atoms with Crippen molar-refractivity contribution in [1.82, 2.24) is 10.2 Å². The van der Waals surface area contributed by atoms with Crippen molar-refractivity contribution in [2.24, 2.45) is 0 Å². The maximum Gasteiger partial charge on any atom is 0.247 e. The number of carbonyl (C=O) groups excluding carboxylic acids is 2. The minimum Gasteiger partial charge on any atom is -0.493 e. The summed E-state index contributed by atoms with van der Waals surface area (Å²) in [5.41, 5.74) is 1.00. The second kappa shape index (κ2) is 15.0. The van der Waals surface area contributed by atoms with Gasteiger partial charge in [-0.05, 0) is 65.6 Å². The largest absolute Gasteiger partial charge is 0.493 e. The Morgan fingerprint density at radius 2 is 2.08 bits per heavy atom. The first-order chi connectivity index (χ1) is 18.3. The van der Waals surface area contributed by atoms with Gasteiger partial charge in [-0.25, -0.2) is 0 Å². The van der Waals surface area contributed by atoms with Crippen LogP contribution in [0.15, 0.2) is 23.8 Å². The van der Waals surface area contributed by atoms with Gasteiger partial charge in [0, 0.05) is 38.1 Å². The van der Waals surface area contributed by atoms with Gasteiger partial charge in [0.15, 0.2) is 11.5 Å². The van der Waals surface area contributed by atoms with Crippen LogP contribution in [0, 0.1) is 3.57 Å². The number of amides is 2. The van der Waals surface area contributed by atoms with Crippen LogP contribution in [0.1, 0.15) is 51.0 Å². The highest BCUT2D eigenvalue weighted by Crippen LogP contribution is 2.37. The minimum absolute atomic E-state index is 0.0817. The van der Waals surface area contributed by atoms with Crippen molar-refractivity contribution in [1.29, 1.82) is 0 Å². The molecule has 1 aliphatic heterocycles. The second-order valence-corrected chi connectivity index (χ2v) is 10.7. The van der Waals surface area contributed by atoms with Crippen molar-refractivity contribution in [2.75, 3.05) is 33.4 Å². The van der Waals surface area contributed by atoms with E-state index in [2.05, 4.69) is 27.9 Å². The number of carbonyl (C=O) groups is 2. The second-order valence-electron chi connectivity index (χ2n) is 9.57. The summed E-state index contributed by atoms with van der Waals surface area (Å²) >= 11 is 2.07. The average Bonchev–Trinajstić information content (AvgIpc) is 3.44. The normalized spacial score (nSPS) is 23.1. The molecule has 1 aliphatic carbocycles. The first-order valence-corrected chi connectivity index (χ1v) is 14.2. The zero-order chi connectivity index (χ0) is 27.7. The number of nitrogens with zero attached hydrogens (tertiary/aromatic N) is 1. The van der Waals surface area contributed by atoms with Crippen LogP contribution in [0.3, 0.4) is 0 Å². The van der Waals surface area contributed by atoms with E-state index >= 15 is 0 Å². The Balaban J connectivity index is 1.97. The zero-order valence-corrected chi connectivity index (χ0v) is 24.2. The summed E-state index contributed by atoms with van der Waals surface area (Å²) in [5.74, 6) is 0.260. The van der Waals surface area contributed by atoms with Gasteiger partial charge in [-0.15, -0.1) is 0 Å². The molecule has 1 aromatic carbocycles. The van der Waals surface area contributed by atoms with Gasteiger partial charge in [0.1, 0.15) is 12.2 Å². The number of hydrogen-bond donors (Lipinski definition) is 4. The molecule has 0 saturated carbocycles. The van der Waals surface area contributed by atoms with Gasteiger partial charge in [0.25, 0.3) is 0 Å². The third kappa shape index (κ3) is 7.81. The van der Waals surface area contributed by atoms with Crippen LogP contribution in [-0.2, 0) is 20.9 Å². The molecule has 1 aromatic rings. The summed E-state index contributed by atoms with van der Waals surface area (Å²) in [5, 5.41) is 33.0. The molecule has 0 aromatic heterocycles. The highest BCUT2D eigenvalue weighted by Gasteiger charge is 2.41. The molecule has 11 heteroatoms. The Kier molecular flexibility index (Phi) is 12.1. The van der Waals surface area contributed by atoms with Crippen molar-refractivity contribution in [2.45, 2.75) is 76.4 Å². The number of aliphatic hydroxyl groups excluding tert-OH is 3. The topological polar surface area (TPSA) is 138 Å². The molecule has 4 atom stereocenters. The summed E-state index contributed by atoms with van der Waals surface area (Å²) in [6.45, 7) is 2.68. The van der Waals surface area contributed by atoms with Crippen LogP contribution in [0.5, 0.6) is 11.5 Å². The number of rotatable bonds is 13. The molecule has 1 fully saturated rings. The lowest BCUT2D eigenvalue weighted by molar-refractivity contribution is -0.141. The predicted molar refractivity (Wildman–Crippen MR) is 149 cm³/mol. The molecule has 0 radical (unpaired) electrons. The van der Waals surface area contributed by atoms with Gasteiger partial charge in [-0.1, -0.05) is 13.3 Å². The molecule has 4 N–H and O–H groups in total. The molecule has 1 saturated heterocycles. The van der Waals surface area contributed by atoms with E-state index in [0.717, 1.165) is 25.7 Å². The summed E-state index contributed by atoms with van der Waals surface area (Å²) in [6, 6.07) is 2.69. The molecular formula is C27H39IN2O8. The standard InChI is InChI=1S/C27H39IN2O8/c1-3-4-7-24(33)30(15-19-6-5-10-37-19)21-13-18(27(35)29-8-9-31)14-22(25(21)34)38-26-20(28)11-17(16-32)12-23(26)36-2/h11-12,14,19,21-22,25,31-32,34H,3-10,13,15-16H2,1-2H3,(H,29,35)/t19-,21-,22+,25+/m1/s1. The fourth-order valence-electron chi connectivity index (χ4n) is 4.80. The van der Waals surface area contributed by atoms with Gasteiger partial charge >= 0.3 is 0 Å². The third-order valence-electron chi connectivity index (χ3n) is 6.83. The van der Waals surface area contributed by atoms with Gasteiger partial charge in [-0.3, -0.25) is 9.59 Å². The van der Waals surface area contributed by atoms with Crippen molar-refractivity contribution in [3.05, 3.63) is 32.9 Å². The SMILES string of the molecule is CCCCC(=O)N(C[C@H]1CCCO1)[C@@H]1CC(C(=O)NCCO)=C[C@H](Oc2c(I)cc(CO)cc2OC)[C@H]1O. The van der Waals surface area contributed by atoms with E-state index in [1.54, 1.807) is 23.1 Å². The number of methoxy groups -OCH3 is 1. The molecule has 2 aliphatic rings. The molecule has 3 rings (SSSR count). The number of halogens is 1. The number of hydrogen-bond acceptors (Lipinski definition) is 8. The number of ether oxygens (including phenoxy) is 3. The van der Waals surface area contributed by atoms with E-state index in [1.165, 1.54) is 7.11 Å². The quantitative estimate of drug-likeness (QED) is 0.239. The molecule has 0 bridgehead atoms. The van der Waals surface area contributed by atoms with Crippen LogP contribution in [0.4, 0.5) is 0 Å². The van der Waals surface area contributed by atoms with Crippen LogP contribution in [0.2, 0.25) is 0 Å². The molecule has 0 spiro atoms. The van der Waals surface area contributed by atoms with Gasteiger partial charge < -0.3 is 39.7 Å². The molecule has 0 unspecified atom stereocenters. The average molecular weight is 647 g/mol. The van der Waals surface area contributed by atoms with Crippen LogP contribution < -0.4 is 14.8 Å². The van der Waals surface area contributed by atoms with Crippen molar-refractivity contribution >= 4 is 34.4 Å². The van der Waals surface area contributed by atoms with Crippen LogP contribution in [-0.4, -0.2) is 89.8 Å². The number of benzene rings is 1. The fraction of sp³-hybridized carbons (Fsp3) is 0.630. The maximum atomic E-state index is 13.4. The minimum atomic E-state index is -1.13. The van der Waals surface area contributed by atoms with E-state index in [-0.39, 0.29) is 44.1 Å². The van der Waals surface area contributed by atoms with E-state index in [4.69, 9.17) is 14.2 Å². The Bertz CT molecular complexity index is 982. The zero-order valence-electron chi connectivity index (χ0n) is 22.0.